The molecule has 2 rings (SSSR count). The highest BCUT2D eigenvalue weighted by atomic mass is 19.1. The van der Waals surface area contributed by atoms with Gasteiger partial charge in [-0.15, -0.1) is 0 Å². The Kier molecular flexibility index (Phi) is 1.62. The molecule has 0 bridgehead atoms. The van der Waals surface area contributed by atoms with E-state index in [1.165, 1.54) is 0 Å². The standard InChI is InChI=1S/C7H10FN3/c8-7-4-11(5-7)3-6-1-9-10-2-6/h1-2,7H,3-5H2,(H,9,10). The Bertz CT molecular complexity index is 216. The molecule has 0 aliphatic carbocycles. The molecule has 1 saturated heterocycles. The van der Waals surface area contributed by atoms with E-state index in [9.17, 15) is 4.39 Å². The molecule has 1 N–H and O–H groups in total. The molecular weight excluding hydrogens is 145 g/mol. The van der Waals surface area contributed by atoms with Crippen LogP contribution in [0.25, 0.3) is 0 Å². The Morgan fingerprint density at radius 1 is 1.73 bits per heavy atom. The molecule has 4 heteroatoms. The van der Waals surface area contributed by atoms with Crippen molar-refractivity contribution in [3.63, 3.8) is 0 Å². The van der Waals surface area contributed by atoms with E-state index in [4.69, 9.17) is 0 Å². The smallest absolute Gasteiger partial charge is 0.125 e. The predicted octanol–water partition coefficient (Wildman–Crippen LogP) is 0.563. The van der Waals surface area contributed by atoms with Crippen LogP contribution in [0.2, 0.25) is 0 Å². The van der Waals surface area contributed by atoms with Crippen LogP contribution in [0, 0.1) is 0 Å². The topological polar surface area (TPSA) is 31.9 Å². The van der Waals surface area contributed by atoms with Crippen molar-refractivity contribution in [2.24, 2.45) is 0 Å². The number of alkyl halides is 1. The first-order valence-electron chi connectivity index (χ1n) is 3.68. The maximum Gasteiger partial charge on any atom is 0.125 e. The van der Waals surface area contributed by atoms with E-state index in [-0.39, 0.29) is 0 Å². The molecule has 0 aromatic carbocycles. The number of nitrogens with one attached hydrogen (secondary N) is 1. The van der Waals surface area contributed by atoms with E-state index in [1.807, 2.05) is 6.20 Å². The summed E-state index contributed by atoms with van der Waals surface area (Å²) in [6, 6.07) is 0. The number of aromatic nitrogens is 2. The molecule has 0 unspecified atom stereocenters. The molecule has 1 aromatic heterocycles. The van der Waals surface area contributed by atoms with Gasteiger partial charge in [-0.3, -0.25) is 10.00 Å². The van der Waals surface area contributed by atoms with Gasteiger partial charge in [-0.05, 0) is 0 Å². The summed E-state index contributed by atoms with van der Waals surface area (Å²) in [5.74, 6) is 0. The molecule has 3 nitrogen and oxygen atoms in total. The second-order valence-corrected chi connectivity index (χ2v) is 2.90. The summed E-state index contributed by atoms with van der Waals surface area (Å²) in [7, 11) is 0. The van der Waals surface area contributed by atoms with Crippen molar-refractivity contribution in [2.45, 2.75) is 12.7 Å². The van der Waals surface area contributed by atoms with E-state index >= 15 is 0 Å². The number of H-pyrrole nitrogens is 1. The van der Waals surface area contributed by atoms with Gasteiger partial charge in [0.15, 0.2) is 0 Å². The van der Waals surface area contributed by atoms with Gasteiger partial charge in [-0.2, -0.15) is 5.10 Å². The summed E-state index contributed by atoms with van der Waals surface area (Å²) in [5.41, 5.74) is 1.12. The Hall–Kier alpha value is -0.900. The number of likely N-dealkylation sites (tertiary alicyclic amines) is 1. The van der Waals surface area contributed by atoms with Crippen LogP contribution in [-0.4, -0.2) is 34.4 Å². The minimum absolute atomic E-state index is 0.575. The number of nitrogens with zero attached hydrogens (tertiary/aromatic N) is 2. The lowest BCUT2D eigenvalue weighted by molar-refractivity contribution is 0.0591. The minimum atomic E-state index is -0.609. The largest absolute Gasteiger partial charge is 0.293 e. The molecule has 0 spiro atoms. The first kappa shape index (κ1) is 6.79. The van der Waals surface area contributed by atoms with Crippen LogP contribution >= 0.6 is 0 Å². The van der Waals surface area contributed by atoms with Gasteiger partial charge in [0.05, 0.1) is 6.20 Å². The van der Waals surface area contributed by atoms with E-state index < -0.39 is 6.17 Å². The van der Waals surface area contributed by atoms with Gasteiger partial charge >= 0.3 is 0 Å². The monoisotopic (exact) mass is 155 g/mol. The highest BCUT2D eigenvalue weighted by Gasteiger charge is 2.25. The van der Waals surface area contributed by atoms with Gasteiger partial charge in [0.1, 0.15) is 6.17 Å². The first-order valence-corrected chi connectivity index (χ1v) is 3.68. The molecule has 0 atom stereocenters. The van der Waals surface area contributed by atoms with Crippen molar-refractivity contribution in [2.75, 3.05) is 13.1 Å². The van der Waals surface area contributed by atoms with Crippen LogP contribution in [0.15, 0.2) is 12.4 Å². The second kappa shape index (κ2) is 2.62. The molecular formula is C7H10FN3. The molecule has 1 fully saturated rings. The quantitative estimate of drug-likeness (QED) is 0.676. The maximum atomic E-state index is 12.3. The summed E-state index contributed by atoms with van der Waals surface area (Å²) < 4.78 is 12.3. The average molecular weight is 155 g/mol. The van der Waals surface area contributed by atoms with Crippen LogP contribution in [0.4, 0.5) is 4.39 Å². The molecule has 0 radical (unpaired) electrons. The summed E-state index contributed by atoms with van der Waals surface area (Å²) in [4.78, 5) is 2.05. The molecule has 1 aliphatic rings. The predicted molar refractivity (Wildman–Crippen MR) is 38.8 cm³/mol. The number of hydrogen-bond donors (Lipinski definition) is 1. The molecule has 0 amide bonds. The van der Waals surface area contributed by atoms with E-state index in [0.717, 1.165) is 12.1 Å². The minimum Gasteiger partial charge on any atom is -0.293 e. The lowest BCUT2D eigenvalue weighted by atomic mass is 10.2. The van der Waals surface area contributed by atoms with Crippen molar-refractivity contribution in [3.05, 3.63) is 18.0 Å². The SMILES string of the molecule is FC1CN(Cc2cn[nH]c2)C1. The summed E-state index contributed by atoms with van der Waals surface area (Å²) in [6.07, 6.45) is 3.00. The van der Waals surface area contributed by atoms with Crippen molar-refractivity contribution < 1.29 is 4.39 Å². The molecule has 2 heterocycles. The van der Waals surface area contributed by atoms with Crippen molar-refractivity contribution in [1.29, 1.82) is 0 Å². The fraction of sp³-hybridized carbons (Fsp3) is 0.571. The zero-order valence-corrected chi connectivity index (χ0v) is 6.13. The number of halogens is 1. The third kappa shape index (κ3) is 1.40. The fourth-order valence-electron chi connectivity index (χ4n) is 1.26. The van der Waals surface area contributed by atoms with Gasteiger partial charge < -0.3 is 0 Å². The van der Waals surface area contributed by atoms with E-state index in [2.05, 4.69) is 15.1 Å². The zero-order valence-electron chi connectivity index (χ0n) is 6.13. The number of hydrogen-bond acceptors (Lipinski definition) is 2. The Morgan fingerprint density at radius 3 is 3.09 bits per heavy atom. The molecule has 11 heavy (non-hydrogen) atoms. The lowest BCUT2D eigenvalue weighted by Crippen LogP contribution is -2.47. The maximum absolute atomic E-state index is 12.3. The van der Waals surface area contributed by atoms with Gasteiger partial charge in [0.2, 0.25) is 0 Å². The molecule has 1 aromatic rings. The molecule has 60 valence electrons. The van der Waals surface area contributed by atoms with Gasteiger partial charge in [0.25, 0.3) is 0 Å². The third-order valence-corrected chi connectivity index (χ3v) is 1.87. The van der Waals surface area contributed by atoms with Crippen molar-refractivity contribution >= 4 is 0 Å². The highest BCUT2D eigenvalue weighted by molar-refractivity contribution is 5.03. The lowest BCUT2D eigenvalue weighted by Gasteiger charge is -2.33. The van der Waals surface area contributed by atoms with Crippen LogP contribution in [0.5, 0.6) is 0 Å². The third-order valence-electron chi connectivity index (χ3n) is 1.87. The summed E-state index contributed by atoms with van der Waals surface area (Å²) >= 11 is 0. The Morgan fingerprint density at radius 2 is 2.55 bits per heavy atom. The fourth-order valence-corrected chi connectivity index (χ4v) is 1.26. The zero-order chi connectivity index (χ0) is 7.68. The van der Waals surface area contributed by atoms with Crippen LogP contribution < -0.4 is 0 Å². The van der Waals surface area contributed by atoms with Gasteiger partial charge in [0, 0.05) is 31.4 Å². The highest BCUT2D eigenvalue weighted by Crippen LogP contribution is 2.14. The van der Waals surface area contributed by atoms with E-state index in [0.29, 0.717) is 13.1 Å². The molecule has 0 saturated carbocycles. The average Bonchev–Trinajstić information content (AvgIpc) is 2.36. The molecule has 1 aliphatic heterocycles. The van der Waals surface area contributed by atoms with E-state index in [1.54, 1.807) is 6.20 Å². The summed E-state index contributed by atoms with van der Waals surface area (Å²) in [5, 5.41) is 6.53. The van der Waals surface area contributed by atoms with Crippen molar-refractivity contribution in [3.8, 4) is 0 Å². The summed E-state index contributed by atoms with van der Waals surface area (Å²) in [6.45, 7) is 1.97. The normalized spacial score (nSPS) is 20.1. The Labute approximate surface area is 64.2 Å². The first-order chi connectivity index (χ1) is 5.34. The van der Waals surface area contributed by atoms with Crippen LogP contribution in [0.1, 0.15) is 5.56 Å². The van der Waals surface area contributed by atoms with Gasteiger partial charge in [-0.1, -0.05) is 0 Å². The second-order valence-electron chi connectivity index (χ2n) is 2.90. The van der Waals surface area contributed by atoms with Crippen LogP contribution in [-0.2, 0) is 6.54 Å². The number of rotatable bonds is 2. The van der Waals surface area contributed by atoms with Gasteiger partial charge in [-0.25, -0.2) is 4.39 Å². The van der Waals surface area contributed by atoms with Crippen LogP contribution in [0.3, 0.4) is 0 Å². The number of aromatic amines is 1. The van der Waals surface area contributed by atoms with Crippen molar-refractivity contribution in [1.82, 2.24) is 15.1 Å². The Balaban J connectivity index is 1.84.